The molecule has 0 saturated heterocycles. The van der Waals surface area contributed by atoms with E-state index in [2.05, 4.69) is 15.5 Å². The summed E-state index contributed by atoms with van der Waals surface area (Å²) in [5, 5.41) is 10.7. The summed E-state index contributed by atoms with van der Waals surface area (Å²) >= 11 is 1.20. The number of nitrogens with zero attached hydrogens (tertiary/aromatic N) is 2. The van der Waals surface area contributed by atoms with Crippen molar-refractivity contribution in [2.75, 3.05) is 5.32 Å². The molecule has 1 N–H and O–H groups in total. The van der Waals surface area contributed by atoms with Crippen molar-refractivity contribution in [3.05, 3.63) is 59.9 Å². The molecule has 2 aromatic carbocycles. The SMILES string of the molecule is O=C1Nc2ccccc2CC[C@H]1Sc1nnc(-c2ccccc2F)o1. The lowest BCUT2D eigenvalue weighted by Gasteiger charge is -2.09. The smallest absolute Gasteiger partial charge is 0.277 e. The molecule has 25 heavy (non-hydrogen) atoms. The van der Waals surface area contributed by atoms with E-state index in [1.807, 2.05) is 24.3 Å². The Kier molecular flexibility index (Phi) is 4.23. The van der Waals surface area contributed by atoms with Crippen molar-refractivity contribution < 1.29 is 13.6 Å². The van der Waals surface area contributed by atoms with Gasteiger partial charge in [-0.05, 0) is 36.6 Å². The van der Waals surface area contributed by atoms with Gasteiger partial charge < -0.3 is 9.73 Å². The van der Waals surface area contributed by atoms with Crippen molar-refractivity contribution in [3.8, 4) is 11.5 Å². The van der Waals surface area contributed by atoms with Crippen molar-refractivity contribution in [2.24, 2.45) is 0 Å². The van der Waals surface area contributed by atoms with Gasteiger partial charge in [-0.25, -0.2) is 4.39 Å². The number of rotatable bonds is 3. The maximum atomic E-state index is 13.8. The molecule has 1 amide bonds. The molecule has 0 bridgehead atoms. The van der Waals surface area contributed by atoms with Crippen LogP contribution in [0.15, 0.2) is 58.2 Å². The van der Waals surface area contributed by atoms with Gasteiger partial charge in [0, 0.05) is 5.69 Å². The van der Waals surface area contributed by atoms with Crippen molar-refractivity contribution in [1.29, 1.82) is 0 Å². The second-order valence-corrected chi connectivity index (χ2v) is 6.80. The van der Waals surface area contributed by atoms with E-state index in [1.54, 1.807) is 18.2 Å². The molecule has 1 atom stereocenters. The number of halogens is 1. The first kappa shape index (κ1) is 15.8. The molecule has 3 aromatic rings. The van der Waals surface area contributed by atoms with Gasteiger partial charge in [0.25, 0.3) is 11.1 Å². The first-order chi connectivity index (χ1) is 12.2. The number of fused-ring (bicyclic) bond motifs is 1. The number of carbonyl (C=O) groups is 1. The van der Waals surface area contributed by atoms with E-state index >= 15 is 0 Å². The lowest BCUT2D eigenvalue weighted by molar-refractivity contribution is -0.115. The van der Waals surface area contributed by atoms with Crippen LogP contribution in [0.2, 0.25) is 0 Å². The second kappa shape index (κ2) is 6.68. The van der Waals surface area contributed by atoms with E-state index in [1.165, 1.54) is 17.8 Å². The van der Waals surface area contributed by atoms with Gasteiger partial charge in [-0.1, -0.05) is 42.1 Å². The number of benzene rings is 2. The highest BCUT2D eigenvalue weighted by Gasteiger charge is 2.26. The summed E-state index contributed by atoms with van der Waals surface area (Å²) < 4.78 is 19.4. The van der Waals surface area contributed by atoms with Gasteiger partial charge in [0.1, 0.15) is 5.82 Å². The Balaban J connectivity index is 1.52. The van der Waals surface area contributed by atoms with Crippen LogP contribution in [-0.2, 0) is 11.2 Å². The predicted octanol–water partition coefficient (Wildman–Crippen LogP) is 3.92. The molecule has 0 aliphatic carbocycles. The Morgan fingerprint density at radius 3 is 2.80 bits per heavy atom. The topological polar surface area (TPSA) is 68.0 Å². The average Bonchev–Trinajstić information content (AvgIpc) is 3.01. The zero-order valence-electron chi connectivity index (χ0n) is 13.1. The molecule has 5 nitrogen and oxygen atoms in total. The fourth-order valence-electron chi connectivity index (χ4n) is 2.73. The molecule has 0 spiro atoms. The lowest BCUT2D eigenvalue weighted by atomic mass is 10.1. The van der Waals surface area contributed by atoms with Crippen LogP contribution in [-0.4, -0.2) is 21.4 Å². The number of aryl methyl sites for hydroxylation is 1. The summed E-state index contributed by atoms with van der Waals surface area (Å²) in [6, 6.07) is 14.0. The molecule has 1 aromatic heterocycles. The third kappa shape index (κ3) is 3.28. The number of para-hydroxylation sites is 1. The Labute approximate surface area is 147 Å². The molecule has 1 aliphatic heterocycles. The molecular weight excluding hydrogens is 341 g/mol. The van der Waals surface area contributed by atoms with Crippen LogP contribution >= 0.6 is 11.8 Å². The first-order valence-electron chi connectivity index (χ1n) is 7.84. The summed E-state index contributed by atoms with van der Waals surface area (Å²) in [6.07, 6.45) is 1.44. The predicted molar refractivity (Wildman–Crippen MR) is 92.7 cm³/mol. The van der Waals surface area contributed by atoms with Crippen molar-refractivity contribution in [2.45, 2.75) is 23.3 Å². The Morgan fingerprint density at radius 2 is 1.92 bits per heavy atom. The molecule has 0 saturated carbocycles. The van der Waals surface area contributed by atoms with Crippen molar-refractivity contribution >= 4 is 23.4 Å². The van der Waals surface area contributed by atoms with Gasteiger partial charge in [-0.2, -0.15) is 0 Å². The number of thioether (sulfide) groups is 1. The fraction of sp³-hybridized carbons (Fsp3) is 0.167. The Hall–Kier alpha value is -2.67. The van der Waals surface area contributed by atoms with E-state index in [9.17, 15) is 9.18 Å². The van der Waals surface area contributed by atoms with E-state index in [0.717, 1.165) is 17.7 Å². The molecule has 7 heteroatoms. The summed E-state index contributed by atoms with van der Waals surface area (Å²) in [5.74, 6) is -0.413. The number of hydrogen-bond donors (Lipinski definition) is 1. The van der Waals surface area contributed by atoms with Crippen molar-refractivity contribution in [1.82, 2.24) is 10.2 Å². The maximum Gasteiger partial charge on any atom is 0.277 e. The Morgan fingerprint density at radius 1 is 1.12 bits per heavy atom. The van der Waals surface area contributed by atoms with Gasteiger partial charge in [0.15, 0.2) is 0 Å². The summed E-state index contributed by atoms with van der Waals surface area (Å²) in [6.45, 7) is 0. The summed E-state index contributed by atoms with van der Waals surface area (Å²) in [5.41, 5.74) is 2.20. The van der Waals surface area contributed by atoms with Gasteiger partial charge in [0.05, 0.1) is 10.8 Å². The maximum absolute atomic E-state index is 13.8. The third-order valence-electron chi connectivity index (χ3n) is 4.00. The third-order valence-corrected chi connectivity index (χ3v) is 5.10. The zero-order valence-corrected chi connectivity index (χ0v) is 13.9. The van der Waals surface area contributed by atoms with Gasteiger partial charge in [-0.15, -0.1) is 10.2 Å². The van der Waals surface area contributed by atoms with Crippen LogP contribution in [0.1, 0.15) is 12.0 Å². The van der Waals surface area contributed by atoms with Crippen LogP contribution in [0.25, 0.3) is 11.5 Å². The van der Waals surface area contributed by atoms with E-state index in [0.29, 0.717) is 6.42 Å². The molecule has 1 aliphatic rings. The van der Waals surface area contributed by atoms with Crippen LogP contribution < -0.4 is 5.32 Å². The number of hydrogen-bond acceptors (Lipinski definition) is 5. The summed E-state index contributed by atoms with van der Waals surface area (Å²) in [4.78, 5) is 12.4. The monoisotopic (exact) mass is 355 g/mol. The quantitative estimate of drug-likeness (QED) is 0.771. The molecule has 4 rings (SSSR count). The van der Waals surface area contributed by atoms with Crippen LogP contribution in [0.3, 0.4) is 0 Å². The number of amides is 1. The number of anilines is 1. The van der Waals surface area contributed by atoms with Gasteiger partial charge >= 0.3 is 0 Å². The van der Waals surface area contributed by atoms with Crippen molar-refractivity contribution in [3.63, 3.8) is 0 Å². The molecular formula is C18H14FN3O2S. The average molecular weight is 355 g/mol. The van der Waals surface area contributed by atoms with Crippen LogP contribution in [0.5, 0.6) is 0 Å². The largest absolute Gasteiger partial charge is 0.411 e. The fourth-order valence-corrected chi connectivity index (χ4v) is 3.59. The molecule has 126 valence electrons. The number of carbonyl (C=O) groups excluding carboxylic acids is 1. The highest BCUT2D eigenvalue weighted by molar-refractivity contribution is 8.00. The van der Waals surface area contributed by atoms with E-state index in [-0.39, 0.29) is 27.8 Å². The van der Waals surface area contributed by atoms with Crippen LogP contribution in [0, 0.1) is 5.82 Å². The minimum absolute atomic E-state index is 0.0967. The highest BCUT2D eigenvalue weighted by atomic mass is 32.2. The Bertz CT molecular complexity index is 928. The highest BCUT2D eigenvalue weighted by Crippen LogP contribution is 2.32. The second-order valence-electron chi connectivity index (χ2n) is 5.64. The minimum Gasteiger partial charge on any atom is -0.411 e. The molecule has 0 fully saturated rings. The molecule has 0 unspecified atom stereocenters. The normalized spacial score (nSPS) is 16.8. The molecule has 2 heterocycles. The standard InChI is InChI=1S/C18H14FN3O2S/c19-13-7-3-2-6-12(13)17-21-22-18(24-17)25-15-10-9-11-5-1-4-8-14(11)20-16(15)23/h1-8,15H,9-10H2,(H,20,23)/t15-/m1/s1. The number of aromatic nitrogens is 2. The summed E-state index contributed by atoms with van der Waals surface area (Å²) in [7, 11) is 0. The van der Waals surface area contributed by atoms with Gasteiger partial charge in [0.2, 0.25) is 5.91 Å². The van der Waals surface area contributed by atoms with E-state index in [4.69, 9.17) is 4.42 Å². The lowest BCUT2D eigenvalue weighted by Crippen LogP contribution is -2.23. The zero-order chi connectivity index (χ0) is 17.2. The minimum atomic E-state index is -0.426. The first-order valence-corrected chi connectivity index (χ1v) is 8.72. The number of nitrogens with one attached hydrogen (secondary N) is 1. The van der Waals surface area contributed by atoms with Gasteiger partial charge in [-0.3, -0.25) is 4.79 Å². The van der Waals surface area contributed by atoms with Crippen LogP contribution in [0.4, 0.5) is 10.1 Å². The molecule has 0 radical (unpaired) electrons. The van der Waals surface area contributed by atoms with E-state index < -0.39 is 5.82 Å².